The van der Waals surface area contributed by atoms with Crippen molar-refractivity contribution in [1.82, 2.24) is 0 Å². The average molecular weight is 364 g/mol. The van der Waals surface area contributed by atoms with Crippen LogP contribution in [0.3, 0.4) is 0 Å². The summed E-state index contributed by atoms with van der Waals surface area (Å²) in [5.74, 6) is -0.675. The van der Waals surface area contributed by atoms with Gasteiger partial charge in [-0.05, 0) is 43.2 Å². The zero-order valence-corrected chi connectivity index (χ0v) is 15.4. The van der Waals surface area contributed by atoms with E-state index in [2.05, 4.69) is 10.1 Å². The number of anilines is 1. The number of nitrogens with zero attached hydrogens (tertiary/aromatic N) is 1. The van der Waals surface area contributed by atoms with Gasteiger partial charge in [-0.2, -0.15) is 5.26 Å². The first-order valence-corrected chi connectivity index (χ1v) is 8.23. The van der Waals surface area contributed by atoms with E-state index in [1.165, 1.54) is 13.2 Å². The van der Waals surface area contributed by atoms with Crippen LogP contribution in [0.25, 0.3) is 6.08 Å². The summed E-state index contributed by atoms with van der Waals surface area (Å²) in [6, 6.07) is 14.4. The zero-order chi connectivity index (χ0) is 19.8. The number of benzene rings is 2. The van der Waals surface area contributed by atoms with Gasteiger partial charge in [0.1, 0.15) is 17.4 Å². The van der Waals surface area contributed by atoms with Crippen molar-refractivity contribution in [2.45, 2.75) is 13.8 Å². The summed E-state index contributed by atoms with van der Waals surface area (Å²) in [6.07, 6.45) is 1.42. The lowest BCUT2D eigenvalue weighted by molar-refractivity contribution is -0.142. The van der Waals surface area contributed by atoms with E-state index >= 15 is 0 Å². The second-order valence-corrected chi connectivity index (χ2v) is 5.84. The van der Waals surface area contributed by atoms with Gasteiger partial charge in [0.15, 0.2) is 6.61 Å². The second kappa shape index (κ2) is 9.20. The van der Waals surface area contributed by atoms with E-state index < -0.39 is 11.9 Å². The molecule has 0 saturated heterocycles. The summed E-state index contributed by atoms with van der Waals surface area (Å²) in [6.45, 7) is 3.53. The van der Waals surface area contributed by atoms with Crippen LogP contribution in [-0.2, 0) is 14.3 Å². The molecule has 0 atom stereocenters. The van der Waals surface area contributed by atoms with Gasteiger partial charge in [0, 0.05) is 11.3 Å². The normalized spacial score (nSPS) is 10.7. The Balaban J connectivity index is 2.25. The molecular weight excluding hydrogens is 344 g/mol. The zero-order valence-electron chi connectivity index (χ0n) is 15.4. The van der Waals surface area contributed by atoms with Crippen LogP contribution < -0.4 is 10.1 Å². The molecule has 0 spiro atoms. The van der Waals surface area contributed by atoms with Crippen LogP contribution in [0.15, 0.2) is 48.0 Å². The predicted molar refractivity (Wildman–Crippen MR) is 102 cm³/mol. The smallest absolute Gasteiger partial charge is 0.343 e. The number of aryl methyl sites for hydroxylation is 2. The number of carbonyl (C=O) groups is 2. The molecule has 0 aromatic heterocycles. The molecule has 6 heteroatoms. The Labute approximate surface area is 158 Å². The summed E-state index contributed by atoms with van der Waals surface area (Å²) in [5.41, 5.74) is 2.98. The highest BCUT2D eigenvalue weighted by molar-refractivity contribution is 6.10. The Hall–Kier alpha value is -3.59. The standard InChI is InChI=1S/C21H20N2O4/c1-14-8-9-15(2)18(10-14)23-21(25)17(12-22)11-16-6-4-5-7-19(16)27-13-20(24)26-3/h4-11H,13H2,1-3H3,(H,23,25)/b17-11+. The van der Waals surface area contributed by atoms with E-state index in [1.54, 1.807) is 24.3 Å². The Bertz CT molecular complexity index is 926. The van der Waals surface area contributed by atoms with Gasteiger partial charge in [-0.15, -0.1) is 0 Å². The minimum atomic E-state index is -0.526. The van der Waals surface area contributed by atoms with Crippen LogP contribution in [0, 0.1) is 25.2 Å². The number of carbonyl (C=O) groups excluding carboxylic acids is 2. The van der Waals surface area contributed by atoms with E-state index in [4.69, 9.17) is 4.74 Å². The summed E-state index contributed by atoms with van der Waals surface area (Å²) < 4.78 is 9.95. The Kier molecular flexibility index (Phi) is 6.73. The van der Waals surface area contributed by atoms with Crippen molar-refractivity contribution in [3.05, 3.63) is 64.7 Å². The van der Waals surface area contributed by atoms with Crippen molar-refractivity contribution in [3.63, 3.8) is 0 Å². The first-order chi connectivity index (χ1) is 12.9. The molecule has 2 aromatic carbocycles. The molecule has 0 aliphatic rings. The molecule has 0 unspecified atom stereocenters. The third kappa shape index (κ3) is 5.44. The van der Waals surface area contributed by atoms with Crippen molar-refractivity contribution < 1.29 is 19.1 Å². The Morgan fingerprint density at radius 1 is 1.19 bits per heavy atom. The van der Waals surface area contributed by atoms with Crippen LogP contribution >= 0.6 is 0 Å². The molecule has 0 aliphatic carbocycles. The molecule has 0 bridgehead atoms. The SMILES string of the molecule is COC(=O)COc1ccccc1/C=C(\C#N)C(=O)Nc1cc(C)ccc1C. The maximum absolute atomic E-state index is 12.5. The highest BCUT2D eigenvalue weighted by atomic mass is 16.6. The number of esters is 1. The number of hydrogen-bond donors (Lipinski definition) is 1. The van der Waals surface area contributed by atoms with Gasteiger partial charge in [-0.1, -0.05) is 30.3 Å². The average Bonchev–Trinajstić information content (AvgIpc) is 2.67. The number of nitrogens with one attached hydrogen (secondary N) is 1. The molecular formula is C21H20N2O4. The van der Waals surface area contributed by atoms with Gasteiger partial charge < -0.3 is 14.8 Å². The molecule has 0 fully saturated rings. The number of para-hydroxylation sites is 1. The molecule has 2 aromatic rings. The van der Waals surface area contributed by atoms with Gasteiger partial charge in [-0.3, -0.25) is 4.79 Å². The number of rotatable bonds is 6. The molecule has 1 N–H and O–H groups in total. The lowest BCUT2D eigenvalue weighted by Crippen LogP contribution is -2.15. The molecule has 2 rings (SSSR count). The minimum absolute atomic E-state index is 0.0787. The molecule has 1 amide bonds. The summed E-state index contributed by atoms with van der Waals surface area (Å²) >= 11 is 0. The van der Waals surface area contributed by atoms with Crippen molar-refractivity contribution in [1.29, 1.82) is 5.26 Å². The molecule has 6 nitrogen and oxygen atoms in total. The highest BCUT2D eigenvalue weighted by Crippen LogP contribution is 2.22. The van der Waals surface area contributed by atoms with Crippen molar-refractivity contribution in [2.75, 3.05) is 19.0 Å². The maximum atomic E-state index is 12.5. The molecule has 0 saturated carbocycles. The number of amides is 1. The number of hydrogen-bond acceptors (Lipinski definition) is 5. The van der Waals surface area contributed by atoms with E-state index in [0.29, 0.717) is 17.0 Å². The fourth-order valence-electron chi connectivity index (χ4n) is 2.29. The minimum Gasteiger partial charge on any atom is -0.481 e. The van der Waals surface area contributed by atoms with Crippen LogP contribution in [-0.4, -0.2) is 25.6 Å². The lowest BCUT2D eigenvalue weighted by Gasteiger charge is -2.10. The largest absolute Gasteiger partial charge is 0.481 e. The molecule has 0 aliphatic heterocycles. The third-order valence-corrected chi connectivity index (χ3v) is 3.80. The van der Waals surface area contributed by atoms with E-state index in [9.17, 15) is 14.9 Å². The fourth-order valence-corrected chi connectivity index (χ4v) is 2.29. The fraction of sp³-hybridized carbons (Fsp3) is 0.190. The molecule has 0 radical (unpaired) electrons. The lowest BCUT2D eigenvalue weighted by atomic mass is 10.1. The second-order valence-electron chi connectivity index (χ2n) is 5.84. The molecule has 0 heterocycles. The molecule has 138 valence electrons. The third-order valence-electron chi connectivity index (χ3n) is 3.80. The van der Waals surface area contributed by atoms with E-state index in [-0.39, 0.29) is 12.2 Å². The van der Waals surface area contributed by atoms with Crippen molar-refractivity contribution >= 4 is 23.6 Å². The summed E-state index contributed by atoms with van der Waals surface area (Å²) in [5, 5.41) is 12.2. The summed E-state index contributed by atoms with van der Waals surface area (Å²) in [7, 11) is 1.27. The van der Waals surface area contributed by atoms with Gasteiger partial charge in [-0.25, -0.2) is 4.79 Å². The van der Waals surface area contributed by atoms with Crippen LogP contribution in [0.1, 0.15) is 16.7 Å². The topological polar surface area (TPSA) is 88.4 Å². The number of nitriles is 1. The van der Waals surface area contributed by atoms with Crippen LogP contribution in [0.2, 0.25) is 0 Å². The van der Waals surface area contributed by atoms with E-state index in [1.807, 2.05) is 38.1 Å². The Morgan fingerprint density at radius 2 is 1.93 bits per heavy atom. The molecule has 27 heavy (non-hydrogen) atoms. The first kappa shape index (κ1) is 19.7. The maximum Gasteiger partial charge on any atom is 0.343 e. The number of ether oxygens (including phenoxy) is 2. The summed E-state index contributed by atoms with van der Waals surface area (Å²) in [4.78, 5) is 23.8. The van der Waals surface area contributed by atoms with Gasteiger partial charge in [0.25, 0.3) is 5.91 Å². The quantitative estimate of drug-likeness (QED) is 0.482. The number of methoxy groups -OCH3 is 1. The van der Waals surface area contributed by atoms with Gasteiger partial charge >= 0.3 is 5.97 Å². The highest BCUT2D eigenvalue weighted by Gasteiger charge is 2.13. The van der Waals surface area contributed by atoms with Crippen LogP contribution in [0.5, 0.6) is 5.75 Å². The van der Waals surface area contributed by atoms with Crippen LogP contribution in [0.4, 0.5) is 5.69 Å². The Morgan fingerprint density at radius 3 is 2.63 bits per heavy atom. The predicted octanol–water partition coefficient (Wildman–Crippen LogP) is 3.40. The monoisotopic (exact) mass is 364 g/mol. The van der Waals surface area contributed by atoms with E-state index in [0.717, 1.165) is 11.1 Å². The van der Waals surface area contributed by atoms with Gasteiger partial charge in [0.05, 0.1) is 7.11 Å². The van der Waals surface area contributed by atoms with Crippen molar-refractivity contribution in [3.8, 4) is 11.8 Å². The van der Waals surface area contributed by atoms with Crippen molar-refractivity contribution in [2.24, 2.45) is 0 Å². The van der Waals surface area contributed by atoms with Gasteiger partial charge in [0.2, 0.25) is 0 Å². The first-order valence-electron chi connectivity index (χ1n) is 8.23.